The van der Waals surface area contributed by atoms with E-state index < -0.39 is 10.0 Å². The molecule has 0 spiro atoms. The summed E-state index contributed by atoms with van der Waals surface area (Å²) in [4.78, 5) is 11.7. The zero-order chi connectivity index (χ0) is 17.6. The van der Waals surface area contributed by atoms with Gasteiger partial charge in [0.15, 0.2) is 0 Å². The lowest BCUT2D eigenvalue weighted by Crippen LogP contribution is -2.36. The molecule has 0 heterocycles. The number of amides is 2. The molecule has 4 N–H and O–H groups in total. The molecule has 0 aliphatic carbocycles. The Labute approximate surface area is 139 Å². The molecule has 2 aromatic rings. The summed E-state index contributed by atoms with van der Waals surface area (Å²) >= 11 is 0. The van der Waals surface area contributed by atoms with E-state index in [9.17, 15) is 17.6 Å². The number of benzene rings is 2. The van der Waals surface area contributed by atoms with Gasteiger partial charge in [-0.1, -0.05) is 24.3 Å². The first kappa shape index (κ1) is 17.9. The fourth-order valence-corrected chi connectivity index (χ4v) is 2.53. The molecule has 6 nitrogen and oxygen atoms in total. The van der Waals surface area contributed by atoms with Crippen molar-refractivity contribution in [3.05, 3.63) is 65.5 Å². The maximum absolute atomic E-state index is 12.8. The van der Waals surface area contributed by atoms with Crippen molar-refractivity contribution < 1.29 is 17.6 Å². The molecule has 0 aliphatic rings. The highest BCUT2D eigenvalue weighted by molar-refractivity contribution is 7.89. The van der Waals surface area contributed by atoms with Crippen molar-refractivity contribution in [3.8, 4) is 0 Å². The average Bonchev–Trinajstić information content (AvgIpc) is 2.54. The third-order valence-corrected chi connectivity index (χ3v) is 4.25. The van der Waals surface area contributed by atoms with Crippen LogP contribution < -0.4 is 15.8 Å². The van der Waals surface area contributed by atoms with Gasteiger partial charge < -0.3 is 10.6 Å². The predicted octanol–water partition coefficient (Wildman–Crippen LogP) is 1.51. The van der Waals surface area contributed by atoms with E-state index in [1.54, 1.807) is 24.3 Å². The maximum atomic E-state index is 12.8. The molecule has 2 rings (SSSR count). The Morgan fingerprint density at radius 3 is 2.12 bits per heavy atom. The largest absolute Gasteiger partial charge is 0.338 e. The molecule has 0 fully saturated rings. The van der Waals surface area contributed by atoms with Crippen molar-refractivity contribution in [2.75, 3.05) is 6.54 Å². The molecule has 128 valence electrons. The van der Waals surface area contributed by atoms with Crippen molar-refractivity contribution in [2.24, 2.45) is 5.14 Å². The van der Waals surface area contributed by atoms with Gasteiger partial charge in [0.1, 0.15) is 5.82 Å². The second-order valence-corrected chi connectivity index (χ2v) is 6.74. The van der Waals surface area contributed by atoms with E-state index in [-0.39, 0.29) is 23.3 Å². The number of hydrogen-bond acceptors (Lipinski definition) is 3. The maximum Gasteiger partial charge on any atom is 0.315 e. The number of rotatable bonds is 6. The van der Waals surface area contributed by atoms with Gasteiger partial charge >= 0.3 is 6.03 Å². The van der Waals surface area contributed by atoms with Crippen LogP contribution in [0.4, 0.5) is 9.18 Å². The Morgan fingerprint density at radius 1 is 0.958 bits per heavy atom. The molecule has 0 saturated heterocycles. The van der Waals surface area contributed by atoms with E-state index >= 15 is 0 Å². The van der Waals surface area contributed by atoms with Gasteiger partial charge in [0.25, 0.3) is 0 Å². The van der Waals surface area contributed by atoms with E-state index in [0.29, 0.717) is 13.0 Å². The molecular formula is C16H18FN3O3S. The molecule has 0 saturated carbocycles. The van der Waals surface area contributed by atoms with Gasteiger partial charge in [-0.2, -0.15) is 0 Å². The number of carbonyl (C=O) groups excluding carboxylic acids is 1. The normalized spacial score (nSPS) is 11.1. The first-order valence-electron chi connectivity index (χ1n) is 7.22. The Hall–Kier alpha value is -2.45. The van der Waals surface area contributed by atoms with Gasteiger partial charge in [-0.05, 0) is 41.8 Å². The summed E-state index contributed by atoms with van der Waals surface area (Å²) in [5, 5.41) is 10.4. The first-order chi connectivity index (χ1) is 11.3. The minimum Gasteiger partial charge on any atom is -0.338 e. The SMILES string of the molecule is NS(=O)(=O)c1ccc(CNC(=O)NCCc2ccc(F)cc2)cc1. The van der Waals surface area contributed by atoms with Crippen LogP contribution in [0.15, 0.2) is 53.4 Å². The monoisotopic (exact) mass is 351 g/mol. The quantitative estimate of drug-likeness (QED) is 0.735. The molecule has 8 heteroatoms. The molecular weight excluding hydrogens is 333 g/mol. The summed E-state index contributed by atoms with van der Waals surface area (Å²) in [6.07, 6.45) is 0.594. The minimum absolute atomic E-state index is 0.0231. The van der Waals surface area contributed by atoms with Gasteiger partial charge in [0, 0.05) is 13.1 Å². The standard InChI is InChI=1S/C16H18FN3O3S/c17-14-5-1-12(2-6-14)9-10-19-16(21)20-11-13-3-7-15(8-4-13)24(18,22)23/h1-8H,9-11H2,(H2,18,22,23)(H2,19,20,21). The number of primary sulfonamides is 1. The molecule has 2 aromatic carbocycles. The van der Waals surface area contributed by atoms with Crippen molar-refractivity contribution in [3.63, 3.8) is 0 Å². The van der Waals surface area contributed by atoms with Crippen molar-refractivity contribution in [1.82, 2.24) is 10.6 Å². The van der Waals surface area contributed by atoms with Crippen LogP contribution in [0.1, 0.15) is 11.1 Å². The van der Waals surface area contributed by atoms with Crippen LogP contribution >= 0.6 is 0 Å². The highest BCUT2D eigenvalue weighted by atomic mass is 32.2. The highest BCUT2D eigenvalue weighted by Crippen LogP contribution is 2.08. The van der Waals surface area contributed by atoms with E-state index in [1.165, 1.54) is 24.3 Å². The molecule has 0 aliphatic heterocycles. The Bertz CT molecular complexity index is 790. The topological polar surface area (TPSA) is 101 Å². The van der Waals surface area contributed by atoms with Crippen LogP contribution in [0.25, 0.3) is 0 Å². The Morgan fingerprint density at radius 2 is 1.54 bits per heavy atom. The highest BCUT2D eigenvalue weighted by Gasteiger charge is 2.07. The fraction of sp³-hybridized carbons (Fsp3) is 0.188. The lowest BCUT2D eigenvalue weighted by Gasteiger charge is -2.08. The number of hydrogen-bond donors (Lipinski definition) is 3. The number of sulfonamides is 1. The van der Waals surface area contributed by atoms with Gasteiger partial charge in [-0.25, -0.2) is 22.7 Å². The third-order valence-electron chi connectivity index (χ3n) is 3.32. The zero-order valence-electron chi connectivity index (χ0n) is 12.8. The smallest absolute Gasteiger partial charge is 0.315 e. The second-order valence-electron chi connectivity index (χ2n) is 5.17. The number of nitrogens with two attached hydrogens (primary N) is 1. The average molecular weight is 351 g/mol. The molecule has 0 radical (unpaired) electrons. The number of nitrogens with one attached hydrogen (secondary N) is 2. The Kier molecular flexibility index (Phi) is 5.88. The van der Waals surface area contributed by atoms with E-state index in [4.69, 9.17) is 5.14 Å². The van der Waals surface area contributed by atoms with Crippen LogP contribution in [0.3, 0.4) is 0 Å². The van der Waals surface area contributed by atoms with Gasteiger partial charge in [0.2, 0.25) is 10.0 Å². The summed E-state index contributed by atoms with van der Waals surface area (Å²) in [7, 11) is -3.72. The first-order valence-corrected chi connectivity index (χ1v) is 8.77. The summed E-state index contributed by atoms with van der Waals surface area (Å²) in [6, 6.07) is 11.7. The van der Waals surface area contributed by atoms with Crippen LogP contribution in [0, 0.1) is 5.82 Å². The molecule has 24 heavy (non-hydrogen) atoms. The fourth-order valence-electron chi connectivity index (χ4n) is 2.01. The molecule has 0 bridgehead atoms. The summed E-state index contributed by atoms with van der Waals surface area (Å²) in [6.45, 7) is 0.676. The van der Waals surface area contributed by atoms with Gasteiger partial charge in [-0.15, -0.1) is 0 Å². The Balaban J connectivity index is 1.74. The lowest BCUT2D eigenvalue weighted by atomic mass is 10.1. The second kappa shape index (κ2) is 7.89. The van der Waals surface area contributed by atoms with Crippen molar-refractivity contribution >= 4 is 16.1 Å². The van der Waals surface area contributed by atoms with E-state index in [2.05, 4.69) is 10.6 Å². The van der Waals surface area contributed by atoms with Crippen molar-refractivity contribution in [2.45, 2.75) is 17.9 Å². The summed E-state index contributed by atoms with van der Waals surface area (Å²) < 4.78 is 35.1. The molecule has 2 amide bonds. The zero-order valence-corrected chi connectivity index (χ0v) is 13.6. The third kappa shape index (κ3) is 5.64. The van der Waals surface area contributed by atoms with Crippen LogP contribution in [0.2, 0.25) is 0 Å². The summed E-state index contributed by atoms with van der Waals surface area (Å²) in [5.41, 5.74) is 1.67. The van der Waals surface area contributed by atoms with Crippen molar-refractivity contribution in [1.29, 1.82) is 0 Å². The van der Waals surface area contributed by atoms with Gasteiger partial charge in [0.05, 0.1) is 4.90 Å². The predicted molar refractivity (Wildman–Crippen MR) is 88.2 cm³/mol. The minimum atomic E-state index is -3.72. The number of carbonyl (C=O) groups is 1. The van der Waals surface area contributed by atoms with E-state index in [1.807, 2.05) is 0 Å². The summed E-state index contributed by atoms with van der Waals surface area (Å²) in [5.74, 6) is -0.294. The molecule has 0 aromatic heterocycles. The lowest BCUT2D eigenvalue weighted by molar-refractivity contribution is 0.240. The van der Waals surface area contributed by atoms with Gasteiger partial charge in [-0.3, -0.25) is 0 Å². The molecule has 0 unspecified atom stereocenters. The van der Waals surface area contributed by atoms with Crippen LogP contribution in [-0.2, 0) is 23.0 Å². The molecule has 0 atom stereocenters. The van der Waals surface area contributed by atoms with Crippen LogP contribution in [0.5, 0.6) is 0 Å². The number of halogens is 1. The van der Waals surface area contributed by atoms with Crippen LogP contribution in [-0.4, -0.2) is 21.0 Å². The van der Waals surface area contributed by atoms with E-state index in [0.717, 1.165) is 11.1 Å². The number of urea groups is 1.